The number of hydrogen-bond donors (Lipinski definition) is 2. The van der Waals surface area contributed by atoms with Crippen LogP contribution in [-0.2, 0) is 4.79 Å². The van der Waals surface area contributed by atoms with Crippen molar-refractivity contribution >= 4 is 27.7 Å². The van der Waals surface area contributed by atoms with Gasteiger partial charge in [0.2, 0.25) is 5.91 Å². The minimum atomic E-state index is -0.803. The first-order chi connectivity index (χ1) is 7.43. The summed E-state index contributed by atoms with van der Waals surface area (Å²) < 4.78 is 13.2. The molecule has 0 fully saturated rings. The molecule has 0 aliphatic carbocycles. The normalized spacial score (nSPS) is 11.9. The van der Waals surface area contributed by atoms with Crippen LogP contribution >= 0.6 is 15.9 Å². The molecule has 0 aliphatic heterocycles. The van der Waals surface area contributed by atoms with E-state index in [0.29, 0.717) is 0 Å². The summed E-state index contributed by atoms with van der Waals surface area (Å²) in [4.78, 5) is 22.4. The second kappa shape index (κ2) is 5.07. The Labute approximate surface area is 100 Å². The standard InChI is InChI=1S/C10H10BrFN2O2/c1-5(9(13)15)14-10(16)6-3-2-4-7(12)8(6)11/h2-5H,1H3,(H2,13,15)(H,14,16)/t5-/m0/s1. The highest BCUT2D eigenvalue weighted by Crippen LogP contribution is 2.20. The highest BCUT2D eigenvalue weighted by Gasteiger charge is 2.17. The molecule has 2 amide bonds. The van der Waals surface area contributed by atoms with Gasteiger partial charge in [-0.15, -0.1) is 0 Å². The predicted molar refractivity (Wildman–Crippen MR) is 60.2 cm³/mol. The Kier molecular flexibility index (Phi) is 4.00. The Hall–Kier alpha value is -1.43. The van der Waals surface area contributed by atoms with Crippen LogP contribution < -0.4 is 11.1 Å². The van der Waals surface area contributed by atoms with Crippen molar-refractivity contribution in [2.75, 3.05) is 0 Å². The highest BCUT2D eigenvalue weighted by molar-refractivity contribution is 9.10. The van der Waals surface area contributed by atoms with Crippen molar-refractivity contribution in [2.24, 2.45) is 5.73 Å². The fourth-order valence-electron chi connectivity index (χ4n) is 1.02. The summed E-state index contributed by atoms with van der Waals surface area (Å²) in [7, 11) is 0. The molecule has 0 aromatic heterocycles. The van der Waals surface area contributed by atoms with Gasteiger partial charge in [0.25, 0.3) is 5.91 Å². The predicted octanol–water partition coefficient (Wildman–Crippen LogP) is 1.19. The quantitative estimate of drug-likeness (QED) is 0.877. The van der Waals surface area contributed by atoms with Gasteiger partial charge in [0.05, 0.1) is 10.0 Å². The SMILES string of the molecule is C[C@H](NC(=O)c1cccc(F)c1Br)C(N)=O. The molecule has 0 radical (unpaired) electrons. The lowest BCUT2D eigenvalue weighted by Crippen LogP contribution is -2.42. The van der Waals surface area contributed by atoms with E-state index in [1.807, 2.05) is 0 Å². The molecule has 0 unspecified atom stereocenters. The average Bonchev–Trinajstić information content (AvgIpc) is 2.21. The monoisotopic (exact) mass is 288 g/mol. The lowest BCUT2D eigenvalue weighted by Gasteiger charge is -2.11. The molecule has 0 bridgehead atoms. The summed E-state index contributed by atoms with van der Waals surface area (Å²) in [6.45, 7) is 1.45. The van der Waals surface area contributed by atoms with Crippen LogP contribution in [0.3, 0.4) is 0 Å². The van der Waals surface area contributed by atoms with Gasteiger partial charge in [-0.2, -0.15) is 0 Å². The van der Waals surface area contributed by atoms with Crippen LogP contribution in [-0.4, -0.2) is 17.9 Å². The maximum Gasteiger partial charge on any atom is 0.253 e. The number of hydrogen-bond acceptors (Lipinski definition) is 2. The lowest BCUT2D eigenvalue weighted by atomic mass is 10.2. The Morgan fingerprint density at radius 3 is 2.69 bits per heavy atom. The van der Waals surface area contributed by atoms with Crippen molar-refractivity contribution in [3.05, 3.63) is 34.1 Å². The largest absolute Gasteiger partial charge is 0.368 e. The summed E-state index contributed by atoms with van der Waals surface area (Å²) in [5, 5.41) is 2.35. The summed E-state index contributed by atoms with van der Waals surface area (Å²) in [5.74, 6) is -1.75. The summed E-state index contributed by atoms with van der Waals surface area (Å²) in [6, 6.07) is 3.26. The van der Waals surface area contributed by atoms with Gasteiger partial charge in [0, 0.05) is 0 Å². The van der Waals surface area contributed by atoms with Gasteiger partial charge >= 0.3 is 0 Å². The number of halogens is 2. The topological polar surface area (TPSA) is 72.2 Å². The number of carbonyl (C=O) groups excluding carboxylic acids is 2. The second-order valence-electron chi connectivity index (χ2n) is 3.20. The molecule has 1 rings (SSSR count). The summed E-state index contributed by atoms with van der Waals surface area (Å²) in [5.41, 5.74) is 5.11. The van der Waals surface area contributed by atoms with Crippen LogP contribution in [0, 0.1) is 5.82 Å². The highest BCUT2D eigenvalue weighted by atomic mass is 79.9. The van der Waals surface area contributed by atoms with E-state index in [1.54, 1.807) is 0 Å². The number of amides is 2. The smallest absolute Gasteiger partial charge is 0.253 e. The van der Waals surface area contributed by atoms with Crippen molar-refractivity contribution in [3.63, 3.8) is 0 Å². The average molecular weight is 289 g/mol. The number of nitrogens with two attached hydrogens (primary N) is 1. The van der Waals surface area contributed by atoms with Gasteiger partial charge in [0.15, 0.2) is 0 Å². The van der Waals surface area contributed by atoms with Crippen molar-refractivity contribution < 1.29 is 14.0 Å². The zero-order valence-electron chi connectivity index (χ0n) is 8.46. The molecule has 0 spiro atoms. The van der Waals surface area contributed by atoms with Gasteiger partial charge in [-0.1, -0.05) is 6.07 Å². The zero-order chi connectivity index (χ0) is 12.3. The van der Waals surface area contributed by atoms with Crippen LogP contribution in [0.25, 0.3) is 0 Å². The van der Waals surface area contributed by atoms with E-state index >= 15 is 0 Å². The van der Waals surface area contributed by atoms with Gasteiger partial charge in [0.1, 0.15) is 11.9 Å². The third-order valence-electron chi connectivity index (χ3n) is 1.97. The Morgan fingerprint density at radius 1 is 1.50 bits per heavy atom. The lowest BCUT2D eigenvalue weighted by molar-refractivity contribution is -0.119. The van der Waals surface area contributed by atoms with E-state index in [4.69, 9.17) is 5.73 Å². The number of benzene rings is 1. The third-order valence-corrected chi connectivity index (χ3v) is 2.78. The molecule has 4 nitrogen and oxygen atoms in total. The van der Waals surface area contributed by atoms with E-state index in [1.165, 1.54) is 25.1 Å². The zero-order valence-corrected chi connectivity index (χ0v) is 10.0. The molecule has 0 heterocycles. The maximum atomic E-state index is 13.1. The molecule has 16 heavy (non-hydrogen) atoms. The fourth-order valence-corrected chi connectivity index (χ4v) is 1.47. The maximum absolute atomic E-state index is 13.1. The first kappa shape index (κ1) is 12.6. The van der Waals surface area contributed by atoms with Crippen molar-refractivity contribution in [1.29, 1.82) is 0 Å². The van der Waals surface area contributed by atoms with E-state index < -0.39 is 23.7 Å². The van der Waals surface area contributed by atoms with Crippen molar-refractivity contribution in [2.45, 2.75) is 13.0 Å². The van der Waals surface area contributed by atoms with Gasteiger partial charge in [-0.05, 0) is 35.0 Å². The van der Waals surface area contributed by atoms with E-state index in [9.17, 15) is 14.0 Å². The molecule has 6 heteroatoms. The first-order valence-electron chi connectivity index (χ1n) is 4.47. The Morgan fingerprint density at radius 2 is 2.12 bits per heavy atom. The molecule has 0 saturated heterocycles. The molecule has 1 aromatic carbocycles. The summed E-state index contributed by atoms with van der Waals surface area (Å²) >= 11 is 2.96. The van der Waals surface area contributed by atoms with E-state index in [2.05, 4.69) is 21.2 Å². The molecule has 0 aliphatic rings. The number of rotatable bonds is 3. The van der Waals surface area contributed by atoms with Crippen LogP contribution in [0.15, 0.2) is 22.7 Å². The Bertz CT molecular complexity index is 437. The minimum Gasteiger partial charge on any atom is -0.368 e. The fraction of sp³-hybridized carbons (Fsp3) is 0.200. The van der Waals surface area contributed by atoms with Crippen molar-refractivity contribution in [1.82, 2.24) is 5.32 Å². The molecular weight excluding hydrogens is 279 g/mol. The molecule has 0 saturated carbocycles. The second-order valence-corrected chi connectivity index (χ2v) is 3.99. The van der Waals surface area contributed by atoms with Crippen LogP contribution in [0.4, 0.5) is 4.39 Å². The van der Waals surface area contributed by atoms with Crippen LogP contribution in [0.2, 0.25) is 0 Å². The molecule has 86 valence electrons. The van der Waals surface area contributed by atoms with Gasteiger partial charge in [-0.25, -0.2) is 4.39 Å². The van der Waals surface area contributed by atoms with Crippen LogP contribution in [0.1, 0.15) is 17.3 Å². The first-order valence-corrected chi connectivity index (χ1v) is 5.27. The van der Waals surface area contributed by atoms with Crippen LogP contribution in [0.5, 0.6) is 0 Å². The van der Waals surface area contributed by atoms with E-state index in [0.717, 1.165) is 0 Å². The molecular formula is C10H10BrFN2O2. The number of primary amides is 1. The Balaban J connectivity index is 2.89. The van der Waals surface area contributed by atoms with E-state index in [-0.39, 0.29) is 10.0 Å². The van der Waals surface area contributed by atoms with Crippen molar-refractivity contribution in [3.8, 4) is 0 Å². The molecule has 3 N–H and O–H groups in total. The molecule has 1 atom stereocenters. The summed E-state index contributed by atoms with van der Waals surface area (Å²) in [6.07, 6.45) is 0. The molecule has 1 aromatic rings. The number of carbonyl (C=O) groups is 2. The number of nitrogens with one attached hydrogen (secondary N) is 1. The van der Waals surface area contributed by atoms with Gasteiger partial charge in [-0.3, -0.25) is 9.59 Å². The van der Waals surface area contributed by atoms with Gasteiger partial charge < -0.3 is 11.1 Å². The third kappa shape index (κ3) is 2.79. The minimum absolute atomic E-state index is 0.0594.